The van der Waals surface area contributed by atoms with Crippen LogP contribution >= 0.6 is 11.3 Å². The van der Waals surface area contributed by atoms with E-state index in [1.807, 2.05) is 6.92 Å². The van der Waals surface area contributed by atoms with E-state index in [0.717, 1.165) is 16.8 Å². The van der Waals surface area contributed by atoms with Gasteiger partial charge in [-0.3, -0.25) is 4.98 Å². The topological polar surface area (TPSA) is 47.4 Å². The quantitative estimate of drug-likeness (QED) is 0.622. The number of thiazole rings is 1. The van der Waals surface area contributed by atoms with E-state index in [1.165, 1.54) is 24.5 Å². The lowest BCUT2D eigenvalue weighted by Crippen LogP contribution is -1.90. The molecule has 0 fully saturated rings. The Morgan fingerprint density at radius 2 is 2.24 bits per heavy atom. The summed E-state index contributed by atoms with van der Waals surface area (Å²) in [6, 6.07) is 1.40. The van der Waals surface area contributed by atoms with Gasteiger partial charge >= 0.3 is 0 Å². The minimum atomic E-state index is -0.374. The van der Waals surface area contributed by atoms with Crippen molar-refractivity contribution in [2.45, 2.75) is 6.92 Å². The van der Waals surface area contributed by atoms with Gasteiger partial charge in [0.05, 0.1) is 16.8 Å². The first-order valence-electron chi connectivity index (χ1n) is 4.85. The Labute approximate surface area is 102 Å². The Hall–Kier alpha value is -1.82. The lowest BCUT2D eigenvalue weighted by molar-refractivity contribution is 0.213. The molecule has 0 atom stereocenters. The van der Waals surface area contributed by atoms with Crippen molar-refractivity contribution < 1.29 is 9.23 Å². The van der Waals surface area contributed by atoms with Gasteiger partial charge in [0.1, 0.15) is 17.9 Å². The number of hydrogen-bond acceptors (Lipinski definition) is 5. The standard InChI is InChI=1S/C11H10FN3OS/c1-7(15-16-2)10-6-14-11(17-10)8-3-9(12)5-13-4-8/h3-6H,1-2H3/b15-7+. The summed E-state index contributed by atoms with van der Waals surface area (Å²) in [5.41, 5.74) is 1.40. The Morgan fingerprint density at radius 1 is 1.41 bits per heavy atom. The zero-order chi connectivity index (χ0) is 12.3. The van der Waals surface area contributed by atoms with Gasteiger partial charge in [-0.25, -0.2) is 9.37 Å². The van der Waals surface area contributed by atoms with Crippen molar-refractivity contribution >= 4 is 17.0 Å². The van der Waals surface area contributed by atoms with Crippen LogP contribution in [0.5, 0.6) is 0 Å². The molecule has 0 aliphatic heterocycles. The SMILES string of the molecule is CO/N=C(\C)c1cnc(-c2cncc(F)c2)s1. The second-order valence-corrected chi connectivity index (χ2v) is 4.31. The molecule has 2 heterocycles. The van der Waals surface area contributed by atoms with Crippen LogP contribution in [0.3, 0.4) is 0 Å². The number of nitrogens with zero attached hydrogens (tertiary/aromatic N) is 3. The van der Waals surface area contributed by atoms with Crippen LogP contribution in [-0.4, -0.2) is 22.8 Å². The van der Waals surface area contributed by atoms with Crippen molar-refractivity contribution in [3.05, 3.63) is 35.4 Å². The summed E-state index contributed by atoms with van der Waals surface area (Å²) in [4.78, 5) is 13.6. The number of hydrogen-bond donors (Lipinski definition) is 0. The summed E-state index contributed by atoms with van der Waals surface area (Å²) in [5.74, 6) is -0.374. The summed E-state index contributed by atoms with van der Waals surface area (Å²) in [5, 5.41) is 4.52. The molecule has 0 amide bonds. The van der Waals surface area contributed by atoms with Gasteiger partial charge in [-0.2, -0.15) is 0 Å². The zero-order valence-electron chi connectivity index (χ0n) is 9.35. The molecule has 2 rings (SSSR count). The Bertz CT molecular complexity index is 553. The van der Waals surface area contributed by atoms with Gasteiger partial charge in [-0.15, -0.1) is 11.3 Å². The third kappa shape index (κ3) is 2.65. The van der Waals surface area contributed by atoms with E-state index >= 15 is 0 Å². The minimum Gasteiger partial charge on any atom is -0.399 e. The molecule has 0 bridgehead atoms. The highest BCUT2D eigenvalue weighted by Crippen LogP contribution is 2.25. The maximum Gasteiger partial charge on any atom is 0.142 e. The lowest BCUT2D eigenvalue weighted by Gasteiger charge is -1.95. The van der Waals surface area contributed by atoms with E-state index in [9.17, 15) is 4.39 Å². The summed E-state index contributed by atoms with van der Waals surface area (Å²) in [7, 11) is 1.49. The maximum atomic E-state index is 13.0. The highest BCUT2D eigenvalue weighted by Gasteiger charge is 2.08. The third-order valence-corrected chi connectivity index (χ3v) is 3.20. The molecular formula is C11H10FN3OS. The molecule has 0 aliphatic rings. The summed E-state index contributed by atoms with van der Waals surface area (Å²) >= 11 is 1.41. The predicted octanol–water partition coefficient (Wildman–Crippen LogP) is 2.71. The number of aromatic nitrogens is 2. The van der Waals surface area contributed by atoms with Gasteiger partial charge in [0.25, 0.3) is 0 Å². The van der Waals surface area contributed by atoms with Gasteiger partial charge in [-0.1, -0.05) is 5.16 Å². The van der Waals surface area contributed by atoms with Crippen LogP contribution < -0.4 is 0 Å². The number of pyridine rings is 1. The molecule has 88 valence electrons. The number of oxime groups is 1. The van der Waals surface area contributed by atoms with Crippen LogP contribution in [0.25, 0.3) is 10.6 Å². The first-order chi connectivity index (χ1) is 8.20. The average molecular weight is 251 g/mol. The van der Waals surface area contributed by atoms with Crippen molar-refractivity contribution in [3.8, 4) is 10.6 Å². The normalized spacial score (nSPS) is 11.6. The second-order valence-electron chi connectivity index (χ2n) is 3.28. The van der Waals surface area contributed by atoms with Crippen LogP contribution in [0.2, 0.25) is 0 Å². The van der Waals surface area contributed by atoms with Gasteiger partial charge in [-0.05, 0) is 13.0 Å². The molecule has 0 saturated carbocycles. The van der Waals surface area contributed by atoms with E-state index in [1.54, 1.807) is 12.4 Å². The highest BCUT2D eigenvalue weighted by atomic mass is 32.1. The summed E-state index contributed by atoms with van der Waals surface area (Å²) in [6.45, 7) is 1.82. The van der Waals surface area contributed by atoms with Crippen molar-refractivity contribution in [3.63, 3.8) is 0 Å². The van der Waals surface area contributed by atoms with Gasteiger partial charge in [0.2, 0.25) is 0 Å². The molecular weight excluding hydrogens is 241 g/mol. The molecule has 0 N–H and O–H groups in total. The monoisotopic (exact) mass is 251 g/mol. The number of rotatable bonds is 3. The van der Waals surface area contributed by atoms with E-state index < -0.39 is 0 Å². The Balaban J connectivity index is 2.33. The fourth-order valence-electron chi connectivity index (χ4n) is 1.29. The largest absolute Gasteiger partial charge is 0.399 e. The molecule has 2 aromatic heterocycles. The maximum absolute atomic E-state index is 13.0. The van der Waals surface area contributed by atoms with Crippen molar-refractivity contribution in [2.24, 2.45) is 5.16 Å². The van der Waals surface area contributed by atoms with Crippen LogP contribution in [0.1, 0.15) is 11.8 Å². The molecule has 0 saturated heterocycles. The van der Waals surface area contributed by atoms with Gasteiger partial charge in [0.15, 0.2) is 0 Å². The van der Waals surface area contributed by atoms with Gasteiger partial charge < -0.3 is 4.84 Å². The third-order valence-electron chi connectivity index (χ3n) is 2.04. The molecule has 17 heavy (non-hydrogen) atoms. The summed E-state index contributed by atoms with van der Waals surface area (Å²) in [6.07, 6.45) is 4.42. The molecule has 0 aromatic carbocycles. The molecule has 0 spiro atoms. The minimum absolute atomic E-state index is 0.374. The molecule has 2 aromatic rings. The van der Waals surface area contributed by atoms with Crippen LogP contribution in [-0.2, 0) is 4.84 Å². The molecule has 6 heteroatoms. The Morgan fingerprint density at radius 3 is 2.94 bits per heavy atom. The van der Waals surface area contributed by atoms with Crippen LogP contribution in [0.15, 0.2) is 29.8 Å². The lowest BCUT2D eigenvalue weighted by atomic mass is 10.3. The molecule has 0 radical (unpaired) electrons. The second kappa shape index (κ2) is 5.01. The first-order valence-corrected chi connectivity index (χ1v) is 5.67. The van der Waals surface area contributed by atoms with E-state index in [-0.39, 0.29) is 5.82 Å². The van der Waals surface area contributed by atoms with Crippen LogP contribution in [0, 0.1) is 5.82 Å². The van der Waals surface area contributed by atoms with Crippen molar-refractivity contribution in [1.29, 1.82) is 0 Å². The highest BCUT2D eigenvalue weighted by molar-refractivity contribution is 7.17. The average Bonchev–Trinajstić information content (AvgIpc) is 2.78. The Kier molecular flexibility index (Phi) is 3.43. The fourth-order valence-corrected chi connectivity index (χ4v) is 2.12. The van der Waals surface area contributed by atoms with E-state index in [2.05, 4.69) is 20.0 Å². The smallest absolute Gasteiger partial charge is 0.142 e. The molecule has 0 unspecified atom stereocenters. The molecule has 4 nitrogen and oxygen atoms in total. The van der Waals surface area contributed by atoms with Crippen molar-refractivity contribution in [1.82, 2.24) is 9.97 Å². The first kappa shape index (κ1) is 11.7. The predicted molar refractivity (Wildman–Crippen MR) is 64.5 cm³/mol. The zero-order valence-corrected chi connectivity index (χ0v) is 10.2. The van der Waals surface area contributed by atoms with Gasteiger partial charge in [0, 0.05) is 18.0 Å². The fraction of sp³-hybridized carbons (Fsp3) is 0.182. The summed E-state index contributed by atoms with van der Waals surface area (Å²) < 4.78 is 13.0. The van der Waals surface area contributed by atoms with E-state index in [4.69, 9.17) is 0 Å². The van der Waals surface area contributed by atoms with E-state index in [0.29, 0.717) is 10.6 Å². The van der Waals surface area contributed by atoms with Crippen LogP contribution in [0.4, 0.5) is 4.39 Å². The molecule has 0 aliphatic carbocycles. The number of halogens is 1. The van der Waals surface area contributed by atoms with Crippen molar-refractivity contribution in [2.75, 3.05) is 7.11 Å².